The molecule has 4 aromatic rings. The first-order valence-corrected chi connectivity index (χ1v) is 11.0. The second kappa shape index (κ2) is 9.23. The van der Waals surface area contributed by atoms with E-state index in [-0.39, 0.29) is 24.4 Å². The van der Waals surface area contributed by atoms with E-state index in [4.69, 9.17) is 15.6 Å². The Balaban J connectivity index is 0.00000259. The first kappa shape index (κ1) is 22.8. The third-order valence-corrected chi connectivity index (χ3v) is 6.17. The summed E-state index contributed by atoms with van der Waals surface area (Å²) in [6, 6.07) is 12.5. The van der Waals surface area contributed by atoms with Crippen molar-refractivity contribution >= 4 is 45.9 Å². The summed E-state index contributed by atoms with van der Waals surface area (Å²) in [6.07, 6.45) is 3.15. The van der Waals surface area contributed by atoms with Crippen LogP contribution in [0.3, 0.4) is 0 Å². The first-order valence-electron chi connectivity index (χ1n) is 11.0. The molecule has 1 aliphatic heterocycles. The maximum Gasteiger partial charge on any atom is 0.219 e. The number of anilines is 1. The van der Waals surface area contributed by atoms with E-state index in [9.17, 15) is 4.79 Å². The maximum atomic E-state index is 11.7. The fourth-order valence-corrected chi connectivity index (χ4v) is 4.50. The highest BCUT2D eigenvalue weighted by molar-refractivity contribution is 6.00. The lowest BCUT2D eigenvalue weighted by atomic mass is 10.0. The number of fused-ring (bicyclic) bond motifs is 2. The number of nitrogen functional groups attached to an aromatic ring is 1. The van der Waals surface area contributed by atoms with Gasteiger partial charge in [0.2, 0.25) is 5.91 Å². The van der Waals surface area contributed by atoms with Crippen LogP contribution in [0.2, 0.25) is 0 Å². The third-order valence-electron chi connectivity index (χ3n) is 6.17. The summed E-state index contributed by atoms with van der Waals surface area (Å²) in [7, 11) is 0. The Bertz CT molecular complexity index is 1310. The molecule has 0 spiro atoms. The van der Waals surface area contributed by atoms with Crippen LogP contribution in [0.15, 0.2) is 42.7 Å². The zero-order valence-electron chi connectivity index (χ0n) is 18.7. The van der Waals surface area contributed by atoms with Crippen molar-refractivity contribution in [3.63, 3.8) is 0 Å². The van der Waals surface area contributed by atoms with Crippen LogP contribution < -0.4 is 10.5 Å². The summed E-state index contributed by atoms with van der Waals surface area (Å²) < 4.78 is 7.60. The Morgan fingerprint density at radius 3 is 2.58 bits per heavy atom. The Hall–Kier alpha value is -3.39. The number of nitrogens with two attached hydrogens (primary N) is 1. The molecular weight excluding hydrogens is 440 g/mol. The molecule has 0 radical (unpaired) electrons. The molecule has 1 fully saturated rings. The quantitative estimate of drug-likeness (QED) is 0.483. The number of halogens is 1. The standard InChI is InChI=1S/C24H26N6O2.ClH/c1-3-32-20-7-6-16-12-18(5-4-17(16)13-20)22-21-23(25)26-14-27-24(21)30(28-22)19-8-10-29(11-9-19)15(2)31;/h4-7,12-14,19H,3,8-11H2,1-2H3,(H2,25,26,27);1H. The van der Waals surface area contributed by atoms with E-state index in [0.29, 0.717) is 12.4 Å². The van der Waals surface area contributed by atoms with Crippen molar-refractivity contribution in [3.8, 4) is 17.0 Å². The zero-order chi connectivity index (χ0) is 22.2. The molecule has 0 atom stereocenters. The minimum atomic E-state index is 0. The van der Waals surface area contributed by atoms with Gasteiger partial charge in [0.1, 0.15) is 23.6 Å². The van der Waals surface area contributed by atoms with Gasteiger partial charge in [-0.3, -0.25) is 4.79 Å². The molecule has 0 bridgehead atoms. The summed E-state index contributed by atoms with van der Waals surface area (Å²) in [4.78, 5) is 22.3. The van der Waals surface area contributed by atoms with Crippen LogP contribution in [-0.4, -0.2) is 50.3 Å². The molecule has 5 rings (SSSR count). The lowest BCUT2D eigenvalue weighted by molar-refractivity contribution is -0.130. The van der Waals surface area contributed by atoms with E-state index in [1.807, 2.05) is 28.6 Å². The Morgan fingerprint density at radius 2 is 1.85 bits per heavy atom. The highest BCUT2D eigenvalue weighted by atomic mass is 35.5. The number of hydrogen-bond acceptors (Lipinski definition) is 6. The molecule has 0 aliphatic carbocycles. The van der Waals surface area contributed by atoms with E-state index < -0.39 is 0 Å². The summed E-state index contributed by atoms with van der Waals surface area (Å²) in [6.45, 7) is 5.67. The monoisotopic (exact) mass is 466 g/mol. The molecule has 1 aliphatic rings. The number of amides is 1. The van der Waals surface area contributed by atoms with Crippen LogP contribution >= 0.6 is 12.4 Å². The lowest BCUT2D eigenvalue weighted by Gasteiger charge is -2.31. The number of aromatic nitrogens is 4. The van der Waals surface area contributed by atoms with Crippen LogP contribution in [0, 0.1) is 0 Å². The first-order chi connectivity index (χ1) is 15.5. The van der Waals surface area contributed by atoms with Crippen molar-refractivity contribution in [1.29, 1.82) is 0 Å². The molecule has 2 N–H and O–H groups in total. The lowest BCUT2D eigenvalue weighted by Crippen LogP contribution is -2.37. The zero-order valence-corrected chi connectivity index (χ0v) is 19.5. The topological polar surface area (TPSA) is 99.2 Å². The van der Waals surface area contributed by atoms with E-state index in [1.54, 1.807) is 6.92 Å². The van der Waals surface area contributed by atoms with Crippen molar-refractivity contribution in [3.05, 3.63) is 42.7 Å². The smallest absolute Gasteiger partial charge is 0.219 e. The van der Waals surface area contributed by atoms with Gasteiger partial charge in [-0.25, -0.2) is 14.6 Å². The minimum absolute atomic E-state index is 0. The molecule has 9 heteroatoms. The van der Waals surface area contributed by atoms with E-state index >= 15 is 0 Å². The van der Waals surface area contributed by atoms with E-state index in [1.165, 1.54) is 6.33 Å². The highest BCUT2D eigenvalue weighted by Gasteiger charge is 2.26. The van der Waals surface area contributed by atoms with Gasteiger partial charge < -0.3 is 15.4 Å². The molecule has 1 amide bonds. The molecule has 2 aromatic carbocycles. The molecule has 2 aromatic heterocycles. The third kappa shape index (κ3) is 4.18. The van der Waals surface area contributed by atoms with E-state index in [0.717, 1.165) is 64.7 Å². The Labute approximate surface area is 198 Å². The number of hydrogen-bond donors (Lipinski definition) is 1. The van der Waals surface area contributed by atoms with Gasteiger partial charge in [-0.1, -0.05) is 18.2 Å². The molecule has 172 valence electrons. The molecular formula is C24H27ClN6O2. The molecule has 3 heterocycles. The highest BCUT2D eigenvalue weighted by Crippen LogP contribution is 2.35. The predicted octanol–water partition coefficient (Wildman–Crippen LogP) is 4.23. The van der Waals surface area contributed by atoms with Crippen molar-refractivity contribution in [2.24, 2.45) is 0 Å². The number of rotatable bonds is 4. The molecule has 0 unspecified atom stereocenters. The minimum Gasteiger partial charge on any atom is -0.494 e. The van der Waals surface area contributed by atoms with Gasteiger partial charge in [-0.2, -0.15) is 5.10 Å². The average molecular weight is 467 g/mol. The van der Waals surface area contributed by atoms with Gasteiger partial charge in [-0.15, -0.1) is 12.4 Å². The van der Waals surface area contributed by atoms with Crippen LogP contribution in [0.4, 0.5) is 5.82 Å². The van der Waals surface area contributed by atoms with Crippen molar-refractivity contribution in [1.82, 2.24) is 24.6 Å². The van der Waals surface area contributed by atoms with Crippen LogP contribution in [-0.2, 0) is 4.79 Å². The molecule has 33 heavy (non-hydrogen) atoms. The normalized spacial score (nSPS) is 14.4. The van der Waals surface area contributed by atoms with Gasteiger partial charge in [-0.05, 0) is 48.7 Å². The number of piperidine rings is 1. The molecule has 8 nitrogen and oxygen atoms in total. The fourth-order valence-electron chi connectivity index (χ4n) is 4.50. The number of benzene rings is 2. The van der Waals surface area contributed by atoms with Crippen molar-refractivity contribution in [2.45, 2.75) is 32.7 Å². The summed E-state index contributed by atoms with van der Waals surface area (Å²) in [5.41, 5.74) is 8.77. The Kier molecular flexibility index (Phi) is 6.37. The largest absolute Gasteiger partial charge is 0.494 e. The SMILES string of the molecule is CCOc1ccc2cc(-c3nn(C4CCN(C(C)=O)CC4)c4ncnc(N)c34)ccc2c1.Cl. The van der Waals surface area contributed by atoms with Gasteiger partial charge in [0.05, 0.1) is 18.0 Å². The van der Waals surface area contributed by atoms with Crippen molar-refractivity contribution in [2.75, 3.05) is 25.4 Å². The van der Waals surface area contributed by atoms with Crippen LogP contribution in [0.25, 0.3) is 33.1 Å². The van der Waals surface area contributed by atoms with Gasteiger partial charge >= 0.3 is 0 Å². The number of likely N-dealkylation sites (tertiary alicyclic amines) is 1. The second-order valence-corrected chi connectivity index (χ2v) is 8.14. The second-order valence-electron chi connectivity index (χ2n) is 8.14. The summed E-state index contributed by atoms with van der Waals surface area (Å²) >= 11 is 0. The number of nitrogens with zero attached hydrogens (tertiary/aromatic N) is 5. The van der Waals surface area contributed by atoms with E-state index in [2.05, 4.69) is 34.2 Å². The van der Waals surface area contributed by atoms with Gasteiger partial charge in [0, 0.05) is 25.6 Å². The van der Waals surface area contributed by atoms with Gasteiger partial charge in [0.25, 0.3) is 0 Å². The maximum absolute atomic E-state index is 11.7. The average Bonchev–Trinajstić information content (AvgIpc) is 3.20. The number of carbonyl (C=O) groups excluding carboxylic acids is 1. The van der Waals surface area contributed by atoms with Crippen LogP contribution in [0.1, 0.15) is 32.7 Å². The predicted molar refractivity (Wildman–Crippen MR) is 132 cm³/mol. The molecule has 1 saturated heterocycles. The molecule has 0 saturated carbocycles. The van der Waals surface area contributed by atoms with Crippen molar-refractivity contribution < 1.29 is 9.53 Å². The van der Waals surface area contributed by atoms with Crippen LogP contribution in [0.5, 0.6) is 5.75 Å². The number of carbonyl (C=O) groups is 1. The fraction of sp³-hybridized carbons (Fsp3) is 0.333. The summed E-state index contributed by atoms with van der Waals surface area (Å²) in [5.74, 6) is 1.39. The Morgan fingerprint density at radius 1 is 1.12 bits per heavy atom. The van der Waals surface area contributed by atoms with Gasteiger partial charge in [0.15, 0.2) is 5.65 Å². The number of ether oxygens (including phenoxy) is 1. The summed E-state index contributed by atoms with van der Waals surface area (Å²) in [5, 5.41) is 7.94.